The molecule has 1 atom stereocenters. The molecule has 0 spiro atoms. The van der Waals surface area contributed by atoms with Gasteiger partial charge in [-0.3, -0.25) is 9.59 Å². The largest absolute Gasteiger partial charge is 0.383 e. The fraction of sp³-hybridized carbons (Fsp3) is 0.333. The second kappa shape index (κ2) is 6.29. The molecule has 2 rings (SSSR count). The number of carbonyl (C=O) groups is 2. The number of benzene rings is 1. The van der Waals surface area contributed by atoms with E-state index in [-0.39, 0.29) is 11.7 Å². The SMILES string of the molecule is COCCN1C=CC(=O)C(Cc2ccccc2)C1=O. The molecule has 1 aliphatic heterocycles. The van der Waals surface area contributed by atoms with Crippen LogP contribution in [0.3, 0.4) is 0 Å². The van der Waals surface area contributed by atoms with Gasteiger partial charge >= 0.3 is 0 Å². The zero-order chi connectivity index (χ0) is 13.7. The van der Waals surface area contributed by atoms with Crippen LogP contribution in [0, 0.1) is 5.92 Å². The summed E-state index contributed by atoms with van der Waals surface area (Å²) in [5, 5.41) is 0. The van der Waals surface area contributed by atoms with E-state index in [9.17, 15) is 9.59 Å². The third-order valence-electron chi connectivity index (χ3n) is 3.16. The van der Waals surface area contributed by atoms with Crippen molar-refractivity contribution in [3.63, 3.8) is 0 Å². The van der Waals surface area contributed by atoms with Crippen molar-refractivity contribution in [3.8, 4) is 0 Å². The summed E-state index contributed by atoms with van der Waals surface area (Å²) in [7, 11) is 1.59. The van der Waals surface area contributed by atoms with Gasteiger partial charge in [0.1, 0.15) is 5.92 Å². The van der Waals surface area contributed by atoms with Crippen molar-refractivity contribution in [2.45, 2.75) is 6.42 Å². The Bertz CT molecular complexity index is 481. The second-order valence-corrected chi connectivity index (χ2v) is 4.48. The number of carbonyl (C=O) groups excluding carboxylic acids is 2. The highest BCUT2D eigenvalue weighted by atomic mass is 16.5. The molecule has 1 aromatic rings. The molecule has 0 radical (unpaired) electrons. The Morgan fingerprint density at radius 2 is 1.95 bits per heavy atom. The fourth-order valence-electron chi connectivity index (χ4n) is 2.09. The Hall–Kier alpha value is -1.94. The van der Waals surface area contributed by atoms with Crippen molar-refractivity contribution in [1.29, 1.82) is 0 Å². The summed E-state index contributed by atoms with van der Waals surface area (Å²) in [4.78, 5) is 25.7. The zero-order valence-corrected chi connectivity index (χ0v) is 10.9. The van der Waals surface area contributed by atoms with Crippen LogP contribution in [0.15, 0.2) is 42.6 Å². The number of amides is 1. The molecular formula is C15H17NO3. The van der Waals surface area contributed by atoms with Gasteiger partial charge in [-0.15, -0.1) is 0 Å². The van der Waals surface area contributed by atoms with Crippen LogP contribution in [0.1, 0.15) is 5.56 Å². The minimum absolute atomic E-state index is 0.123. The predicted molar refractivity (Wildman–Crippen MR) is 71.4 cm³/mol. The Morgan fingerprint density at radius 1 is 1.21 bits per heavy atom. The van der Waals surface area contributed by atoms with E-state index < -0.39 is 5.92 Å². The molecule has 4 heteroatoms. The molecular weight excluding hydrogens is 242 g/mol. The fourth-order valence-corrected chi connectivity index (χ4v) is 2.09. The molecule has 1 aliphatic rings. The lowest BCUT2D eigenvalue weighted by atomic mass is 9.92. The monoisotopic (exact) mass is 259 g/mol. The van der Waals surface area contributed by atoms with Crippen LogP contribution in [-0.4, -0.2) is 36.9 Å². The molecule has 0 saturated heterocycles. The van der Waals surface area contributed by atoms with E-state index in [4.69, 9.17) is 4.74 Å². The molecule has 1 aromatic carbocycles. The number of methoxy groups -OCH3 is 1. The Morgan fingerprint density at radius 3 is 2.63 bits per heavy atom. The number of rotatable bonds is 5. The van der Waals surface area contributed by atoms with E-state index in [1.54, 1.807) is 18.2 Å². The van der Waals surface area contributed by atoms with Gasteiger partial charge in [-0.1, -0.05) is 30.3 Å². The molecule has 1 unspecified atom stereocenters. The van der Waals surface area contributed by atoms with Crippen molar-refractivity contribution < 1.29 is 14.3 Å². The van der Waals surface area contributed by atoms with Gasteiger partial charge in [-0.05, 0) is 18.1 Å². The summed E-state index contributed by atoms with van der Waals surface area (Å²) in [5.74, 6) is -0.875. The highest BCUT2D eigenvalue weighted by molar-refractivity contribution is 6.09. The molecule has 1 amide bonds. The van der Waals surface area contributed by atoms with Crippen LogP contribution in [0.4, 0.5) is 0 Å². The van der Waals surface area contributed by atoms with Crippen molar-refractivity contribution in [2.24, 2.45) is 5.92 Å². The molecule has 100 valence electrons. The molecule has 0 aromatic heterocycles. The number of hydrogen-bond donors (Lipinski definition) is 0. The Labute approximate surface area is 112 Å². The van der Waals surface area contributed by atoms with Crippen LogP contribution in [0.5, 0.6) is 0 Å². The van der Waals surface area contributed by atoms with Gasteiger partial charge in [0.2, 0.25) is 5.91 Å². The van der Waals surface area contributed by atoms with E-state index in [0.717, 1.165) is 5.56 Å². The van der Waals surface area contributed by atoms with E-state index in [1.807, 2.05) is 30.3 Å². The van der Waals surface area contributed by atoms with Crippen molar-refractivity contribution in [3.05, 3.63) is 48.2 Å². The zero-order valence-electron chi connectivity index (χ0n) is 10.9. The molecule has 0 fully saturated rings. The van der Waals surface area contributed by atoms with Gasteiger partial charge < -0.3 is 9.64 Å². The molecule has 0 bridgehead atoms. The lowest BCUT2D eigenvalue weighted by Gasteiger charge is -2.26. The second-order valence-electron chi connectivity index (χ2n) is 4.48. The number of hydrogen-bond acceptors (Lipinski definition) is 3. The van der Waals surface area contributed by atoms with Crippen molar-refractivity contribution in [2.75, 3.05) is 20.3 Å². The number of ether oxygens (including phenoxy) is 1. The van der Waals surface area contributed by atoms with Crippen LogP contribution >= 0.6 is 0 Å². The average molecular weight is 259 g/mol. The quantitative estimate of drug-likeness (QED) is 0.751. The molecule has 0 aliphatic carbocycles. The summed E-state index contributed by atoms with van der Waals surface area (Å²) in [6.07, 6.45) is 3.47. The van der Waals surface area contributed by atoms with E-state index in [2.05, 4.69) is 0 Å². The molecule has 0 N–H and O–H groups in total. The summed E-state index contributed by atoms with van der Waals surface area (Å²) >= 11 is 0. The number of nitrogens with zero attached hydrogens (tertiary/aromatic N) is 1. The maximum atomic E-state index is 12.2. The van der Waals surface area contributed by atoms with Gasteiger partial charge in [0.15, 0.2) is 5.78 Å². The maximum absolute atomic E-state index is 12.2. The normalized spacial score (nSPS) is 19.0. The van der Waals surface area contributed by atoms with Gasteiger partial charge in [-0.2, -0.15) is 0 Å². The average Bonchev–Trinajstić information content (AvgIpc) is 2.44. The minimum atomic E-state index is -0.607. The number of ketones is 1. The first-order chi connectivity index (χ1) is 9.22. The van der Waals surface area contributed by atoms with E-state index in [1.165, 1.54) is 6.08 Å². The van der Waals surface area contributed by atoms with Gasteiger partial charge in [0.05, 0.1) is 6.61 Å². The third-order valence-corrected chi connectivity index (χ3v) is 3.16. The van der Waals surface area contributed by atoms with E-state index in [0.29, 0.717) is 19.6 Å². The van der Waals surface area contributed by atoms with Crippen molar-refractivity contribution >= 4 is 11.7 Å². The highest BCUT2D eigenvalue weighted by Gasteiger charge is 2.31. The Balaban J connectivity index is 2.09. The lowest BCUT2D eigenvalue weighted by Crippen LogP contribution is -2.41. The van der Waals surface area contributed by atoms with Gasteiger partial charge in [0, 0.05) is 19.9 Å². The minimum Gasteiger partial charge on any atom is -0.383 e. The topological polar surface area (TPSA) is 46.6 Å². The standard InChI is InChI=1S/C15H17NO3/c1-19-10-9-16-8-7-14(17)13(15(16)18)11-12-5-3-2-4-6-12/h2-8,13H,9-11H2,1H3. The summed E-state index contributed by atoms with van der Waals surface area (Å²) in [6, 6.07) is 9.59. The summed E-state index contributed by atoms with van der Waals surface area (Å²) in [6.45, 7) is 0.937. The molecule has 0 saturated carbocycles. The van der Waals surface area contributed by atoms with Crippen LogP contribution < -0.4 is 0 Å². The maximum Gasteiger partial charge on any atom is 0.237 e. The number of allylic oxidation sites excluding steroid dienone is 1. The van der Waals surface area contributed by atoms with E-state index >= 15 is 0 Å². The Kier molecular flexibility index (Phi) is 4.47. The van der Waals surface area contributed by atoms with Crippen LogP contribution in [0.2, 0.25) is 0 Å². The first-order valence-electron chi connectivity index (χ1n) is 6.28. The smallest absolute Gasteiger partial charge is 0.237 e. The third kappa shape index (κ3) is 3.29. The highest BCUT2D eigenvalue weighted by Crippen LogP contribution is 2.17. The predicted octanol–water partition coefficient (Wildman–Crippen LogP) is 1.42. The van der Waals surface area contributed by atoms with Gasteiger partial charge in [0.25, 0.3) is 0 Å². The van der Waals surface area contributed by atoms with Gasteiger partial charge in [-0.25, -0.2) is 0 Å². The molecule has 1 heterocycles. The summed E-state index contributed by atoms with van der Waals surface area (Å²) in [5.41, 5.74) is 0.996. The first kappa shape index (κ1) is 13.5. The molecule has 4 nitrogen and oxygen atoms in total. The van der Waals surface area contributed by atoms with Crippen LogP contribution in [0.25, 0.3) is 0 Å². The molecule has 19 heavy (non-hydrogen) atoms. The van der Waals surface area contributed by atoms with Crippen molar-refractivity contribution in [1.82, 2.24) is 4.90 Å². The van der Waals surface area contributed by atoms with Crippen LogP contribution in [-0.2, 0) is 20.7 Å². The first-order valence-corrected chi connectivity index (χ1v) is 6.28. The summed E-state index contributed by atoms with van der Waals surface area (Å²) < 4.78 is 4.96. The lowest BCUT2D eigenvalue weighted by molar-refractivity contribution is -0.139.